The van der Waals surface area contributed by atoms with Gasteiger partial charge >= 0.3 is 6.18 Å². The van der Waals surface area contributed by atoms with Gasteiger partial charge in [-0.2, -0.15) is 23.3 Å². The number of carbonyl (C=O) groups is 1. The fraction of sp³-hybridized carbons (Fsp3) is 0.630. The van der Waals surface area contributed by atoms with Gasteiger partial charge in [0.2, 0.25) is 11.9 Å². The molecule has 2 saturated heterocycles. The van der Waals surface area contributed by atoms with E-state index in [0.29, 0.717) is 17.3 Å². The van der Waals surface area contributed by atoms with E-state index in [2.05, 4.69) is 44.6 Å². The minimum absolute atomic E-state index is 0.0460. The Morgan fingerprint density at radius 3 is 2.78 bits per heavy atom. The lowest BCUT2D eigenvalue weighted by molar-refractivity contribution is -0.134. The normalized spacial score (nSPS) is 25.3. The van der Waals surface area contributed by atoms with Crippen molar-refractivity contribution < 1.29 is 18.0 Å². The van der Waals surface area contributed by atoms with Crippen LogP contribution in [-0.2, 0) is 11.3 Å². The number of carbonyl (C=O) groups excluding carboxylic acids is 1. The average molecular weight is 575 g/mol. The van der Waals surface area contributed by atoms with Crippen LogP contribution in [0.15, 0.2) is 30.7 Å². The summed E-state index contributed by atoms with van der Waals surface area (Å²) in [5, 5.41) is 15.4. The standard InChI is InChI=1S/C27H37F3N10O/c1-26-6-5-19(23(26)31-8-7-27(28,29)30)15-38(18-26)21-4-3-9-40-24(21)34-25(35-40)33-20-14-32-39(16-20)17-22(41)37-12-10-36(2)11-13-37/h3-4,9,14,16,19,23,31H,5-8,10-13,15,17-18H2,1-2H3,(H,33,35)/t19-,23?,26-/m0/s1. The van der Waals surface area contributed by atoms with Crippen molar-refractivity contribution in [3.8, 4) is 0 Å². The number of aromatic nitrogens is 5. The molecule has 3 atom stereocenters. The number of amides is 1. The SMILES string of the molecule is CN1CCN(C(=O)Cn2cc(Nc3nc4c(N5C[C@@H]6CC[C@@](C)(C5)C6NCCC(F)(F)F)cccn4n3)cn2)CC1. The highest BCUT2D eigenvalue weighted by Crippen LogP contribution is 2.47. The summed E-state index contributed by atoms with van der Waals surface area (Å²) in [5.41, 5.74) is 2.22. The maximum Gasteiger partial charge on any atom is 0.390 e. The lowest BCUT2D eigenvalue weighted by Crippen LogP contribution is -2.56. The number of anilines is 3. The van der Waals surface area contributed by atoms with Gasteiger partial charge in [0.1, 0.15) is 6.54 Å². The van der Waals surface area contributed by atoms with Gasteiger partial charge in [-0.05, 0) is 37.9 Å². The van der Waals surface area contributed by atoms with Gasteiger partial charge in [0, 0.05) is 69.7 Å². The van der Waals surface area contributed by atoms with Gasteiger partial charge in [0.05, 0.1) is 24.0 Å². The van der Waals surface area contributed by atoms with Crippen molar-refractivity contribution in [1.82, 2.24) is 39.5 Å². The average Bonchev–Trinajstić information content (AvgIpc) is 3.58. The molecule has 1 unspecified atom stereocenters. The Labute approximate surface area is 236 Å². The summed E-state index contributed by atoms with van der Waals surface area (Å²) >= 11 is 0. The summed E-state index contributed by atoms with van der Waals surface area (Å²) in [6.07, 6.45) is 2.27. The first-order valence-electron chi connectivity index (χ1n) is 14.2. The zero-order chi connectivity index (χ0) is 28.8. The molecule has 3 aromatic heterocycles. The van der Waals surface area contributed by atoms with Gasteiger partial charge in [-0.3, -0.25) is 9.48 Å². The van der Waals surface area contributed by atoms with E-state index in [0.717, 1.165) is 57.8 Å². The predicted octanol–water partition coefficient (Wildman–Crippen LogP) is 2.59. The van der Waals surface area contributed by atoms with Crippen LogP contribution in [0.1, 0.15) is 26.2 Å². The van der Waals surface area contributed by atoms with Crippen LogP contribution in [0.5, 0.6) is 0 Å². The van der Waals surface area contributed by atoms with Crippen LogP contribution in [0.4, 0.5) is 30.5 Å². The number of likely N-dealkylation sites (N-methyl/N-ethyl adjacent to an activating group) is 1. The van der Waals surface area contributed by atoms with E-state index < -0.39 is 12.6 Å². The summed E-state index contributed by atoms with van der Waals surface area (Å²) in [5.74, 6) is 0.729. The molecule has 3 fully saturated rings. The molecule has 3 aliphatic rings. The number of nitrogens with one attached hydrogen (secondary N) is 2. The number of piperazine rings is 1. The first-order valence-corrected chi connectivity index (χ1v) is 14.2. The van der Waals surface area contributed by atoms with Crippen LogP contribution in [0.2, 0.25) is 0 Å². The monoisotopic (exact) mass is 574 g/mol. The summed E-state index contributed by atoms with van der Waals surface area (Å²) < 4.78 is 41.5. The van der Waals surface area contributed by atoms with Gasteiger partial charge in [0.25, 0.3) is 0 Å². The van der Waals surface area contributed by atoms with Gasteiger partial charge in [0.15, 0.2) is 5.65 Å². The third-order valence-corrected chi connectivity index (χ3v) is 8.81. The molecule has 2 N–H and O–H groups in total. The van der Waals surface area contributed by atoms with Crippen molar-refractivity contribution in [2.45, 2.75) is 44.9 Å². The van der Waals surface area contributed by atoms with Crippen molar-refractivity contribution >= 4 is 28.9 Å². The van der Waals surface area contributed by atoms with E-state index in [9.17, 15) is 18.0 Å². The zero-order valence-electron chi connectivity index (χ0n) is 23.4. The molecule has 14 heteroatoms. The number of fused-ring (bicyclic) bond motifs is 3. The van der Waals surface area contributed by atoms with Crippen molar-refractivity contribution in [2.24, 2.45) is 11.3 Å². The van der Waals surface area contributed by atoms with E-state index in [-0.39, 0.29) is 36.4 Å². The molecule has 1 amide bonds. The van der Waals surface area contributed by atoms with Crippen LogP contribution < -0.4 is 15.5 Å². The third-order valence-electron chi connectivity index (χ3n) is 8.81. The van der Waals surface area contributed by atoms with Crippen molar-refractivity contribution in [3.05, 3.63) is 30.7 Å². The molecular weight excluding hydrogens is 537 g/mol. The lowest BCUT2D eigenvalue weighted by atomic mass is 9.78. The molecule has 1 saturated carbocycles. The number of hydrogen-bond acceptors (Lipinski definition) is 8. The molecule has 2 aliphatic heterocycles. The fourth-order valence-corrected chi connectivity index (χ4v) is 6.66. The number of halogens is 3. The van der Waals surface area contributed by atoms with E-state index >= 15 is 0 Å². The molecule has 11 nitrogen and oxygen atoms in total. The van der Waals surface area contributed by atoms with Crippen molar-refractivity contribution in [2.75, 3.05) is 63.1 Å². The van der Waals surface area contributed by atoms with Crippen LogP contribution in [0.25, 0.3) is 5.65 Å². The Morgan fingerprint density at radius 2 is 2.02 bits per heavy atom. The molecule has 0 radical (unpaired) electrons. The van der Waals surface area contributed by atoms with Gasteiger partial charge < -0.3 is 25.3 Å². The van der Waals surface area contributed by atoms with E-state index in [1.165, 1.54) is 0 Å². The molecule has 6 rings (SSSR count). The minimum atomic E-state index is -4.15. The predicted molar refractivity (Wildman–Crippen MR) is 148 cm³/mol. The van der Waals surface area contributed by atoms with Gasteiger partial charge in [-0.25, -0.2) is 4.52 Å². The van der Waals surface area contributed by atoms with E-state index in [1.807, 2.05) is 23.2 Å². The second kappa shape index (κ2) is 10.8. The number of hydrogen-bond donors (Lipinski definition) is 2. The molecule has 5 heterocycles. The first kappa shape index (κ1) is 27.8. The number of rotatable bonds is 8. The summed E-state index contributed by atoms with van der Waals surface area (Å²) in [4.78, 5) is 23.8. The Morgan fingerprint density at radius 1 is 1.22 bits per heavy atom. The Hall–Kier alpha value is -3.39. The highest BCUT2D eigenvalue weighted by Gasteiger charge is 2.50. The molecule has 222 valence electrons. The molecule has 3 aromatic rings. The van der Waals surface area contributed by atoms with Gasteiger partial charge in [-0.1, -0.05) is 6.92 Å². The number of pyridine rings is 1. The number of alkyl halides is 3. The number of piperidine rings is 1. The molecule has 41 heavy (non-hydrogen) atoms. The highest BCUT2D eigenvalue weighted by atomic mass is 19.4. The minimum Gasteiger partial charge on any atom is -0.368 e. The molecule has 0 spiro atoms. The maximum absolute atomic E-state index is 12.7. The Bertz CT molecular complexity index is 1380. The fourth-order valence-electron chi connectivity index (χ4n) is 6.66. The van der Waals surface area contributed by atoms with Crippen molar-refractivity contribution in [1.29, 1.82) is 0 Å². The van der Waals surface area contributed by atoms with Gasteiger partial charge in [-0.15, -0.1) is 5.10 Å². The molecular formula is C27H37F3N10O. The zero-order valence-corrected chi connectivity index (χ0v) is 23.4. The topological polar surface area (TPSA) is 98.9 Å². The summed E-state index contributed by atoms with van der Waals surface area (Å²) in [6.45, 7) is 6.98. The second-order valence-electron chi connectivity index (χ2n) is 12.0. The van der Waals surface area contributed by atoms with Crippen LogP contribution in [-0.4, -0.2) is 105 Å². The second-order valence-corrected chi connectivity index (χ2v) is 12.0. The quantitative estimate of drug-likeness (QED) is 0.424. The van der Waals surface area contributed by atoms with Crippen molar-refractivity contribution in [3.63, 3.8) is 0 Å². The molecule has 1 aliphatic carbocycles. The number of nitrogens with zero attached hydrogens (tertiary/aromatic N) is 8. The van der Waals surface area contributed by atoms with Crippen LogP contribution in [0.3, 0.4) is 0 Å². The lowest BCUT2D eigenvalue weighted by Gasteiger charge is -2.46. The molecule has 0 aromatic carbocycles. The Balaban J connectivity index is 1.12. The van der Waals surface area contributed by atoms with E-state index in [1.54, 1.807) is 21.6 Å². The van der Waals surface area contributed by atoms with Crippen LogP contribution >= 0.6 is 0 Å². The maximum atomic E-state index is 12.7. The smallest absolute Gasteiger partial charge is 0.368 e. The first-order chi connectivity index (χ1) is 19.6. The largest absolute Gasteiger partial charge is 0.390 e. The third kappa shape index (κ3) is 5.98. The molecule has 2 bridgehead atoms. The van der Waals surface area contributed by atoms with Crippen LogP contribution in [0, 0.1) is 11.3 Å². The summed E-state index contributed by atoms with van der Waals surface area (Å²) in [6, 6.07) is 4.02. The summed E-state index contributed by atoms with van der Waals surface area (Å²) in [7, 11) is 2.06. The Kier molecular flexibility index (Phi) is 7.30. The highest BCUT2D eigenvalue weighted by molar-refractivity contribution is 5.76. The van der Waals surface area contributed by atoms with E-state index in [4.69, 9.17) is 4.98 Å².